The molecular weight excluding hydrogens is 290 g/mol. The Bertz CT molecular complexity index is 469. The second kappa shape index (κ2) is 6.86. The SMILES string of the molecule is CC(Sc1ccccc1Cl)C(=O)N1C(C)CCCC1C. The lowest BCUT2D eigenvalue weighted by Crippen LogP contribution is -2.50. The molecule has 1 amide bonds. The lowest BCUT2D eigenvalue weighted by Gasteiger charge is -2.40. The van der Waals surface area contributed by atoms with Gasteiger partial charge in [-0.15, -0.1) is 11.8 Å². The number of hydrogen-bond donors (Lipinski definition) is 0. The number of carbonyl (C=O) groups excluding carboxylic acids is 1. The Morgan fingerprint density at radius 3 is 2.50 bits per heavy atom. The molecule has 0 saturated carbocycles. The molecule has 4 heteroatoms. The molecule has 0 bridgehead atoms. The van der Waals surface area contributed by atoms with E-state index in [1.165, 1.54) is 6.42 Å². The maximum atomic E-state index is 12.7. The van der Waals surface area contributed by atoms with Crippen LogP contribution in [-0.4, -0.2) is 28.1 Å². The summed E-state index contributed by atoms with van der Waals surface area (Å²) in [6, 6.07) is 8.40. The Kier molecular flexibility index (Phi) is 5.39. The van der Waals surface area contributed by atoms with Gasteiger partial charge in [-0.3, -0.25) is 4.79 Å². The van der Waals surface area contributed by atoms with Crippen LogP contribution in [0.15, 0.2) is 29.2 Å². The predicted octanol–water partition coefficient (Wildman–Crippen LogP) is 4.61. The molecule has 0 aliphatic carbocycles. The molecule has 110 valence electrons. The molecule has 3 atom stereocenters. The van der Waals surface area contributed by atoms with E-state index >= 15 is 0 Å². The zero-order valence-electron chi connectivity index (χ0n) is 12.3. The second-order valence-electron chi connectivity index (χ2n) is 5.56. The third-order valence-corrected chi connectivity index (χ3v) is 5.54. The summed E-state index contributed by atoms with van der Waals surface area (Å²) in [5.74, 6) is 0.231. The summed E-state index contributed by atoms with van der Waals surface area (Å²) in [6.45, 7) is 6.28. The molecule has 20 heavy (non-hydrogen) atoms. The van der Waals surface area contributed by atoms with Crippen LogP contribution in [0.3, 0.4) is 0 Å². The number of hydrogen-bond acceptors (Lipinski definition) is 2. The van der Waals surface area contributed by atoms with Crippen molar-refractivity contribution in [3.05, 3.63) is 29.3 Å². The maximum Gasteiger partial charge on any atom is 0.236 e. The van der Waals surface area contributed by atoms with Crippen LogP contribution in [-0.2, 0) is 4.79 Å². The number of thioether (sulfide) groups is 1. The molecule has 1 aromatic rings. The summed E-state index contributed by atoms with van der Waals surface area (Å²) in [4.78, 5) is 15.7. The molecule has 1 aliphatic heterocycles. The van der Waals surface area contributed by atoms with E-state index in [4.69, 9.17) is 11.6 Å². The van der Waals surface area contributed by atoms with Crippen LogP contribution in [0.1, 0.15) is 40.0 Å². The van der Waals surface area contributed by atoms with E-state index in [1.54, 1.807) is 11.8 Å². The second-order valence-corrected chi connectivity index (χ2v) is 7.35. The minimum atomic E-state index is -0.0992. The molecule has 1 saturated heterocycles. The highest BCUT2D eigenvalue weighted by Gasteiger charge is 2.32. The molecule has 1 aliphatic rings. The average molecular weight is 312 g/mol. The lowest BCUT2D eigenvalue weighted by atomic mass is 9.97. The predicted molar refractivity (Wildman–Crippen MR) is 86.4 cm³/mol. The number of carbonyl (C=O) groups is 1. The number of likely N-dealkylation sites (tertiary alicyclic amines) is 1. The average Bonchev–Trinajstić information content (AvgIpc) is 2.41. The monoisotopic (exact) mass is 311 g/mol. The number of nitrogens with zero attached hydrogens (tertiary/aromatic N) is 1. The van der Waals surface area contributed by atoms with Gasteiger partial charge in [-0.25, -0.2) is 0 Å². The normalized spacial score (nSPS) is 24.5. The van der Waals surface area contributed by atoms with Gasteiger partial charge >= 0.3 is 0 Å². The summed E-state index contributed by atoms with van der Waals surface area (Å²) < 4.78 is 0. The van der Waals surface area contributed by atoms with Crippen molar-refractivity contribution in [1.29, 1.82) is 0 Å². The van der Waals surface area contributed by atoms with Gasteiger partial charge in [0.15, 0.2) is 0 Å². The van der Waals surface area contributed by atoms with Crippen molar-refractivity contribution in [2.75, 3.05) is 0 Å². The first kappa shape index (κ1) is 15.7. The van der Waals surface area contributed by atoms with Crippen molar-refractivity contribution in [2.24, 2.45) is 0 Å². The molecule has 0 radical (unpaired) electrons. The number of benzene rings is 1. The number of piperidine rings is 1. The molecule has 2 rings (SSSR count). The van der Waals surface area contributed by atoms with Crippen molar-refractivity contribution < 1.29 is 4.79 Å². The zero-order valence-corrected chi connectivity index (χ0v) is 13.9. The molecule has 1 aromatic carbocycles. The van der Waals surface area contributed by atoms with Gasteiger partial charge < -0.3 is 4.90 Å². The van der Waals surface area contributed by atoms with Gasteiger partial charge in [0.25, 0.3) is 0 Å². The fourth-order valence-electron chi connectivity index (χ4n) is 2.85. The molecule has 3 unspecified atom stereocenters. The maximum absolute atomic E-state index is 12.7. The largest absolute Gasteiger partial charge is 0.336 e. The summed E-state index contributed by atoms with van der Waals surface area (Å²) in [6.07, 6.45) is 3.44. The Hall–Kier alpha value is -0.670. The molecule has 1 fully saturated rings. The van der Waals surface area contributed by atoms with Crippen LogP contribution < -0.4 is 0 Å². The summed E-state index contributed by atoms with van der Waals surface area (Å²) >= 11 is 7.72. The first-order valence-electron chi connectivity index (χ1n) is 7.24. The fourth-order valence-corrected chi connectivity index (χ4v) is 4.06. The summed E-state index contributed by atoms with van der Waals surface area (Å²) in [5, 5.41) is 0.620. The van der Waals surface area contributed by atoms with Gasteiger partial charge in [0.1, 0.15) is 0 Å². The van der Waals surface area contributed by atoms with Crippen LogP contribution in [0.2, 0.25) is 5.02 Å². The lowest BCUT2D eigenvalue weighted by molar-refractivity contribution is -0.136. The number of amides is 1. The van der Waals surface area contributed by atoms with E-state index < -0.39 is 0 Å². The Morgan fingerprint density at radius 1 is 1.30 bits per heavy atom. The standard InChI is InChI=1S/C16H22ClNOS/c1-11-7-6-8-12(2)18(11)16(19)13(3)20-15-10-5-4-9-14(15)17/h4-5,9-13H,6-8H2,1-3H3. The van der Waals surface area contributed by atoms with Gasteiger partial charge in [0, 0.05) is 17.0 Å². The minimum absolute atomic E-state index is 0.0992. The van der Waals surface area contributed by atoms with Crippen LogP contribution in [0, 0.1) is 0 Å². The molecular formula is C16H22ClNOS. The van der Waals surface area contributed by atoms with E-state index in [0.717, 1.165) is 22.8 Å². The van der Waals surface area contributed by atoms with Crippen LogP contribution in [0.4, 0.5) is 0 Å². The summed E-state index contributed by atoms with van der Waals surface area (Å²) in [7, 11) is 0. The minimum Gasteiger partial charge on any atom is -0.336 e. The smallest absolute Gasteiger partial charge is 0.236 e. The molecule has 0 spiro atoms. The van der Waals surface area contributed by atoms with E-state index in [0.29, 0.717) is 12.1 Å². The number of rotatable bonds is 3. The highest BCUT2D eigenvalue weighted by molar-refractivity contribution is 8.00. The van der Waals surface area contributed by atoms with E-state index in [-0.39, 0.29) is 11.2 Å². The highest BCUT2D eigenvalue weighted by atomic mass is 35.5. The fraction of sp³-hybridized carbons (Fsp3) is 0.562. The zero-order chi connectivity index (χ0) is 14.7. The molecule has 2 nitrogen and oxygen atoms in total. The molecule has 0 aromatic heterocycles. The van der Waals surface area contributed by atoms with Crippen molar-refractivity contribution in [1.82, 2.24) is 4.90 Å². The highest BCUT2D eigenvalue weighted by Crippen LogP contribution is 2.32. The topological polar surface area (TPSA) is 20.3 Å². The van der Waals surface area contributed by atoms with E-state index in [9.17, 15) is 4.79 Å². The van der Waals surface area contributed by atoms with Gasteiger partial charge in [0.2, 0.25) is 5.91 Å². The molecule has 0 N–H and O–H groups in total. The quantitative estimate of drug-likeness (QED) is 0.760. The van der Waals surface area contributed by atoms with Gasteiger partial charge in [0.05, 0.1) is 10.3 Å². The van der Waals surface area contributed by atoms with Crippen molar-refractivity contribution >= 4 is 29.3 Å². The van der Waals surface area contributed by atoms with Crippen LogP contribution >= 0.6 is 23.4 Å². The van der Waals surface area contributed by atoms with Gasteiger partial charge in [-0.05, 0) is 52.2 Å². The third kappa shape index (κ3) is 3.50. The van der Waals surface area contributed by atoms with E-state index in [2.05, 4.69) is 18.7 Å². The third-order valence-electron chi connectivity index (χ3n) is 3.94. The first-order valence-corrected chi connectivity index (χ1v) is 8.50. The van der Waals surface area contributed by atoms with Crippen molar-refractivity contribution in [3.8, 4) is 0 Å². The Morgan fingerprint density at radius 2 is 1.90 bits per heavy atom. The van der Waals surface area contributed by atoms with Crippen molar-refractivity contribution in [3.63, 3.8) is 0 Å². The summed E-state index contributed by atoms with van der Waals surface area (Å²) in [5.41, 5.74) is 0. The number of halogens is 1. The van der Waals surface area contributed by atoms with E-state index in [1.807, 2.05) is 31.2 Å². The van der Waals surface area contributed by atoms with Crippen LogP contribution in [0.25, 0.3) is 0 Å². The first-order chi connectivity index (χ1) is 9.50. The van der Waals surface area contributed by atoms with Crippen LogP contribution in [0.5, 0.6) is 0 Å². The van der Waals surface area contributed by atoms with Gasteiger partial charge in [-0.1, -0.05) is 23.7 Å². The Balaban J connectivity index is 2.06. The Labute approximate surface area is 130 Å². The van der Waals surface area contributed by atoms with Crippen molar-refractivity contribution in [2.45, 2.75) is 62.3 Å². The molecule has 1 heterocycles. The van der Waals surface area contributed by atoms with Gasteiger partial charge in [-0.2, -0.15) is 0 Å².